The molecule has 2 aromatic carbocycles. The van der Waals surface area contributed by atoms with Gasteiger partial charge < -0.3 is 4.90 Å². The van der Waals surface area contributed by atoms with Crippen molar-refractivity contribution in [2.24, 2.45) is 0 Å². The molecule has 0 aliphatic rings. The summed E-state index contributed by atoms with van der Waals surface area (Å²) in [4.78, 5) is 6.88. The predicted octanol–water partition coefficient (Wildman–Crippen LogP) is 4.54. The Bertz CT molecular complexity index is 1360. The Morgan fingerprint density at radius 2 is 1.84 bits per heavy atom. The standard InChI is InChI=1S/C23H21BrN8/c1-3-17-12-21(32-23(26-17)20(24)13-25-32)31(2)14-15-8-10-16(11-9-15)18-6-4-5-7-19(18)22-27-29-30-28-22/h4-13H,3,14H2,1-2H3,(H,27,28,29,30). The van der Waals surface area contributed by atoms with Gasteiger partial charge in [-0.15, -0.1) is 5.10 Å². The van der Waals surface area contributed by atoms with Gasteiger partial charge in [-0.05, 0) is 49.5 Å². The first-order valence-electron chi connectivity index (χ1n) is 10.3. The van der Waals surface area contributed by atoms with Gasteiger partial charge >= 0.3 is 0 Å². The third kappa shape index (κ3) is 3.75. The van der Waals surface area contributed by atoms with Gasteiger partial charge in [-0.1, -0.05) is 55.5 Å². The second-order valence-corrected chi connectivity index (χ2v) is 8.39. The molecular formula is C23H21BrN8. The van der Waals surface area contributed by atoms with Crippen molar-refractivity contribution in [2.75, 3.05) is 11.9 Å². The van der Waals surface area contributed by atoms with E-state index in [-0.39, 0.29) is 0 Å². The summed E-state index contributed by atoms with van der Waals surface area (Å²) in [6.45, 7) is 2.85. The molecule has 0 atom stereocenters. The maximum atomic E-state index is 4.69. The summed E-state index contributed by atoms with van der Waals surface area (Å²) >= 11 is 3.55. The van der Waals surface area contributed by atoms with Crippen molar-refractivity contribution in [1.29, 1.82) is 0 Å². The number of nitrogens with zero attached hydrogens (tertiary/aromatic N) is 7. The number of aromatic nitrogens is 7. The number of benzene rings is 2. The van der Waals surface area contributed by atoms with Crippen LogP contribution < -0.4 is 4.90 Å². The second-order valence-electron chi connectivity index (χ2n) is 7.54. The SMILES string of the molecule is CCc1cc(N(C)Cc2ccc(-c3ccccc3-c3nnn[nH]3)cc2)n2ncc(Br)c2n1. The van der Waals surface area contributed by atoms with Gasteiger partial charge in [-0.25, -0.2) is 10.1 Å². The summed E-state index contributed by atoms with van der Waals surface area (Å²) in [7, 11) is 2.07. The normalized spacial score (nSPS) is 11.2. The molecule has 5 aromatic rings. The minimum absolute atomic E-state index is 0.656. The van der Waals surface area contributed by atoms with Crippen molar-refractivity contribution in [2.45, 2.75) is 19.9 Å². The number of H-pyrrole nitrogens is 1. The van der Waals surface area contributed by atoms with Crippen LogP contribution in [-0.4, -0.2) is 42.3 Å². The lowest BCUT2D eigenvalue weighted by atomic mass is 9.98. The van der Waals surface area contributed by atoms with Crippen LogP contribution >= 0.6 is 15.9 Å². The molecule has 32 heavy (non-hydrogen) atoms. The fraction of sp³-hybridized carbons (Fsp3) is 0.174. The fourth-order valence-electron chi connectivity index (χ4n) is 3.78. The van der Waals surface area contributed by atoms with Crippen molar-refractivity contribution in [3.8, 4) is 22.5 Å². The molecule has 1 N–H and O–H groups in total. The van der Waals surface area contributed by atoms with Gasteiger partial charge in [0, 0.05) is 30.9 Å². The van der Waals surface area contributed by atoms with E-state index >= 15 is 0 Å². The number of halogens is 1. The largest absolute Gasteiger partial charge is 0.355 e. The van der Waals surface area contributed by atoms with Gasteiger partial charge in [0.05, 0.1) is 10.7 Å². The number of anilines is 1. The van der Waals surface area contributed by atoms with Crippen LogP contribution in [0.1, 0.15) is 18.2 Å². The zero-order valence-corrected chi connectivity index (χ0v) is 19.3. The monoisotopic (exact) mass is 488 g/mol. The highest BCUT2D eigenvalue weighted by atomic mass is 79.9. The van der Waals surface area contributed by atoms with Crippen molar-refractivity contribution >= 4 is 27.4 Å². The van der Waals surface area contributed by atoms with Crippen LogP contribution in [0.15, 0.2) is 65.3 Å². The Balaban J connectivity index is 1.43. The van der Waals surface area contributed by atoms with Crippen molar-refractivity contribution in [3.63, 3.8) is 0 Å². The predicted molar refractivity (Wildman–Crippen MR) is 127 cm³/mol. The molecule has 0 saturated carbocycles. The molecule has 0 saturated heterocycles. The minimum atomic E-state index is 0.656. The highest BCUT2D eigenvalue weighted by Gasteiger charge is 2.14. The van der Waals surface area contributed by atoms with E-state index in [1.807, 2.05) is 22.7 Å². The van der Waals surface area contributed by atoms with Gasteiger partial charge in [0.2, 0.25) is 0 Å². The molecule has 0 aliphatic carbocycles. The molecule has 8 nitrogen and oxygen atoms in total. The number of nitrogens with one attached hydrogen (secondary N) is 1. The molecule has 0 amide bonds. The van der Waals surface area contributed by atoms with Crippen LogP contribution in [0.5, 0.6) is 0 Å². The molecule has 160 valence electrons. The lowest BCUT2D eigenvalue weighted by Crippen LogP contribution is -2.20. The molecule has 0 unspecified atom stereocenters. The Morgan fingerprint density at radius 3 is 2.56 bits per heavy atom. The van der Waals surface area contributed by atoms with Crippen LogP contribution in [0, 0.1) is 0 Å². The van der Waals surface area contributed by atoms with E-state index in [1.54, 1.807) is 6.20 Å². The zero-order valence-electron chi connectivity index (χ0n) is 17.7. The molecule has 0 aliphatic heterocycles. The third-order valence-electron chi connectivity index (χ3n) is 5.43. The molecule has 5 rings (SSSR count). The Morgan fingerprint density at radius 1 is 1.06 bits per heavy atom. The van der Waals surface area contributed by atoms with E-state index in [0.29, 0.717) is 5.82 Å². The molecule has 0 fully saturated rings. The molecule has 9 heteroatoms. The van der Waals surface area contributed by atoms with Gasteiger partial charge in [0.1, 0.15) is 5.82 Å². The van der Waals surface area contributed by atoms with Crippen LogP contribution in [0.4, 0.5) is 5.82 Å². The molecule has 0 bridgehead atoms. The van der Waals surface area contributed by atoms with E-state index in [9.17, 15) is 0 Å². The Kier molecular flexibility index (Phi) is 5.40. The number of tetrazole rings is 1. The van der Waals surface area contributed by atoms with Crippen LogP contribution in [-0.2, 0) is 13.0 Å². The summed E-state index contributed by atoms with van der Waals surface area (Å²) in [6, 6.07) is 18.8. The van der Waals surface area contributed by atoms with Crippen molar-refractivity contribution in [3.05, 3.63) is 76.5 Å². The van der Waals surface area contributed by atoms with E-state index in [0.717, 1.165) is 51.3 Å². The Hall–Kier alpha value is -3.59. The van der Waals surface area contributed by atoms with Crippen LogP contribution in [0.2, 0.25) is 0 Å². The van der Waals surface area contributed by atoms with Gasteiger partial charge in [0.25, 0.3) is 0 Å². The first-order valence-corrected chi connectivity index (χ1v) is 11.1. The van der Waals surface area contributed by atoms with Crippen LogP contribution in [0.25, 0.3) is 28.2 Å². The number of aromatic amines is 1. The van der Waals surface area contributed by atoms with Crippen LogP contribution in [0.3, 0.4) is 0 Å². The first-order chi connectivity index (χ1) is 15.6. The number of hydrogen-bond acceptors (Lipinski definition) is 6. The summed E-state index contributed by atoms with van der Waals surface area (Å²) < 4.78 is 2.77. The molecule has 3 heterocycles. The summed E-state index contributed by atoms with van der Waals surface area (Å²) in [5.41, 5.74) is 6.23. The van der Waals surface area contributed by atoms with E-state index in [2.05, 4.69) is 102 Å². The first kappa shape index (κ1) is 20.3. The van der Waals surface area contributed by atoms with E-state index in [4.69, 9.17) is 0 Å². The topological polar surface area (TPSA) is 87.9 Å². The number of rotatable bonds is 6. The zero-order chi connectivity index (χ0) is 22.1. The lowest BCUT2D eigenvalue weighted by molar-refractivity contribution is 0.822. The van der Waals surface area contributed by atoms with E-state index < -0.39 is 0 Å². The van der Waals surface area contributed by atoms with Crippen molar-refractivity contribution < 1.29 is 0 Å². The van der Waals surface area contributed by atoms with Crippen molar-refractivity contribution in [1.82, 2.24) is 35.2 Å². The van der Waals surface area contributed by atoms with E-state index in [1.165, 1.54) is 5.56 Å². The molecule has 0 spiro atoms. The maximum absolute atomic E-state index is 4.69. The smallest absolute Gasteiger partial charge is 0.180 e. The summed E-state index contributed by atoms with van der Waals surface area (Å²) in [5, 5.41) is 18.8. The number of aryl methyl sites for hydroxylation is 1. The third-order valence-corrected chi connectivity index (χ3v) is 5.99. The highest BCUT2D eigenvalue weighted by Crippen LogP contribution is 2.30. The highest BCUT2D eigenvalue weighted by molar-refractivity contribution is 9.10. The van der Waals surface area contributed by atoms with Gasteiger partial charge in [0.15, 0.2) is 11.5 Å². The quantitative estimate of drug-likeness (QED) is 0.377. The maximum Gasteiger partial charge on any atom is 0.180 e. The average Bonchev–Trinajstić information content (AvgIpc) is 3.49. The average molecular weight is 489 g/mol. The second kappa shape index (κ2) is 8.51. The summed E-state index contributed by atoms with van der Waals surface area (Å²) in [5.74, 6) is 1.66. The van der Waals surface area contributed by atoms with Gasteiger partial charge in [-0.2, -0.15) is 9.61 Å². The lowest BCUT2D eigenvalue weighted by Gasteiger charge is -2.21. The van der Waals surface area contributed by atoms with Gasteiger partial charge in [-0.3, -0.25) is 0 Å². The minimum Gasteiger partial charge on any atom is -0.355 e. The fourth-order valence-corrected chi connectivity index (χ4v) is 4.13. The number of hydrogen-bond donors (Lipinski definition) is 1. The molecular weight excluding hydrogens is 468 g/mol. The Labute approximate surface area is 193 Å². The number of fused-ring (bicyclic) bond motifs is 1. The molecule has 0 radical (unpaired) electrons. The molecule has 3 aromatic heterocycles. The summed E-state index contributed by atoms with van der Waals surface area (Å²) in [6.07, 6.45) is 2.65.